The third kappa shape index (κ3) is 2.74. The first kappa shape index (κ1) is 13.5. The Kier molecular flexibility index (Phi) is 3.97. The Morgan fingerprint density at radius 1 is 1.38 bits per heavy atom. The van der Waals surface area contributed by atoms with Gasteiger partial charge in [0.05, 0.1) is 0 Å². The third-order valence-corrected chi connectivity index (χ3v) is 3.94. The van der Waals surface area contributed by atoms with Gasteiger partial charge in [-0.3, -0.25) is 4.79 Å². The summed E-state index contributed by atoms with van der Waals surface area (Å²) >= 11 is 0. The van der Waals surface area contributed by atoms with Crippen LogP contribution in [-0.2, 0) is 4.79 Å². The molecule has 0 heterocycles. The minimum atomic E-state index is -0.695. The van der Waals surface area contributed by atoms with Crippen molar-refractivity contribution in [1.29, 1.82) is 0 Å². The smallest absolute Gasteiger partial charge is 0.323 e. The lowest BCUT2D eigenvalue weighted by atomic mass is 9.95. The average molecular weight is 228 g/mol. The van der Waals surface area contributed by atoms with Crippen LogP contribution in [0.15, 0.2) is 0 Å². The SMILES string of the molecule is CN(C)C(C)(C)CNC1(C(=O)O)CCCC1. The first-order chi connectivity index (χ1) is 7.30. The zero-order valence-corrected chi connectivity index (χ0v) is 10.8. The highest BCUT2D eigenvalue weighted by Gasteiger charge is 2.41. The van der Waals surface area contributed by atoms with Gasteiger partial charge in [-0.1, -0.05) is 12.8 Å². The first-order valence-electron chi connectivity index (χ1n) is 5.96. The lowest BCUT2D eigenvalue weighted by molar-refractivity contribution is -0.144. The van der Waals surface area contributed by atoms with Crippen molar-refractivity contribution in [2.24, 2.45) is 0 Å². The van der Waals surface area contributed by atoms with Gasteiger partial charge in [-0.05, 0) is 40.8 Å². The normalized spacial score (nSPS) is 20.3. The Hall–Kier alpha value is -0.610. The molecule has 0 saturated heterocycles. The minimum Gasteiger partial charge on any atom is -0.480 e. The molecule has 2 N–H and O–H groups in total. The van der Waals surface area contributed by atoms with E-state index in [0.717, 1.165) is 25.7 Å². The van der Waals surface area contributed by atoms with Gasteiger partial charge in [-0.2, -0.15) is 0 Å². The molecule has 1 fully saturated rings. The summed E-state index contributed by atoms with van der Waals surface area (Å²) in [5.41, 5.74) is -0.696. The summed E-state index contributed by atoms with van der Waals surface area (Å²) < 4.78 is 0. The van der Waals surface area contributed by atoms with Crippen LogP contribution < -0.4 is 5.32 Å². The number of hydrogen-bond acceptors (Lipinski definition) is 3. The molecule has 4 heteroatoms. The predicted molar refractivity (Wildman–Crippen MR) is 64.6 cm³/mol. The Morgan fingerprint density at radius 2 is 1.88 bits per heavy atom. The van der Waals surface area contributed by atoms with E-state index in [-0.39, 0.29) is 5.54 Å². The van der Waals surface area contributed by atoms with Crippen molar-refractivity contribution in [2.45, 2.75) is 50.6 Å². The van der Waals surface area contributed by atoms with E-state index >= 15 is 0 Å². The van der Waals surface area contributed by atoms with E-state index in [2.05, 4.69) is 24.1 Å². The molecule has 0 amide bonds. The molecule has 0 unspecified atom stereocenters. The molecule has 0 aromatic rings. The van der Waals surface area contributed by atoms with E-state index in [1.54, 1.807) is 0 Å². The van der Waals surface area contributed by atoms with Crippen molar-refractivity contribution in [2.75, 3.05) is 20.6 Å². The molecule has 0 spiro atoms. The van der Waals surface area contributed by atoms with Gasteiger partial charge in [0.2, 0.25) is 0 Å². The standard InChI is InChI=1S/C12H24N2O2/c1-11(2,14(3)4)9-13-12(10(15)16)7-5-6-8-12/h13H,5-9H2,1-4H3,(H,15,16). The molecule has 0 atom stereocenters. The molecule has 1 saturated carbocycles. The van der Waals surface area contributed by atoms with E-state index in [9.17, 15) is 9.90 Å². The van der Waals surface area contributed by atoms with Crippen molar-refractivity contribution < 1.29 is 9.90 Å². The van der Waals surface area contributed by atoms with E-state index < -0.39 is 11.5 Å². The van der Waals surface area contributed by atoms with Gasteiger partial charge in [-0.15, -0.1) is 0 Å². The summed E-state index contributed by atoms with van der Waals surface area (Å²) in [5.74, 6) is -0.695. The summed E-state index contributed by atoms with van der Waals surface area (Å²) in [4.78, 5) is 13.4. The fourth-order valence-electron chi connectivity index (χ4n) is 1.99. The molecule has 1 aliphatic rings. The van der Waals surface area contributed by atoms with Crippen molar-refractivity contribution >= 4 is 5.97 Å². The van der Waals surface area contributed by atoms with Crippen LogP contribution in [0.5, 0.6) is 0 Å². The fourth-order valence-corrected chi connectivity index (χ4v) is 1.99. The van der Waals surface area contributed by atoms with Crippen LogP contribution in [0.4, 0.5) is 0 Å². The second kappa shape index (κ2) is 4.72. The largest absolute Gasteiger partial charge is 0.480 e. The van der Waals surface area contributed by atoms with Crippen LogP contribution >= 0.6 is 0 Å². The van der Waals surface area contributed by atoms with E-state index in [1.807, 2.05) is 14.1 Å². The second-order valence-corrected chi connectivity index (χ2v) is 5.65. The quantitative estimate of drug-likeness (QED) is 0.745. The van der Waals surface area contributed by atoms with Gasteiger partial charge in [0.25, 0.3) is 0 Å². The summed E-state index contributed by atoms with van der Waals surface area (Å²) in [6.07, 6.45) is 3.54. The Bertz CT molecular complexity index is 256. The molecule has 1 aliphatic carbocycles. The molecule has 16 heavy (non-hydrogen) atoms. The third-order valence-electron chi connectivity index (χ3n) is 3.94. The summed E-state index contributed by atoms with van der Waals surface area (Å²) in [5, 5.41) is 12.6. The highest BCUT2D eigenvalue weighted by molar-refractivity contribution is 5.79. The number of carbonyl (C=O) groups is 1. The number of hydrogen-bond donors (Lipinski definition) is 2. The second-order valence-electron chi connectivity index (χ2n) is 5.65. The average Bonchev–Trinajstić information content (AvgIpc) is 2.64. The highest BCUT2D eigenvalue weighted by Crippen LogP contribution is 2.30. The number of carboxylic acid groups (broad SMARTS) is 1. The maximum atomic E-state index is 11.3. The lowest BCUT2D eigenvalue weighted by Gasteiger charge is -2.36. The van der Waals surface area contributed by atoms with Gasteiger partial charge in [0.1, 0.15) is 5.54 Å². The number of nitrogens with zero attached hydrogens (tertiary/aromatic N) is 1. The Labute approximate surface area is 98.0 Å². The molecule has 4 nitrogen and oxygen atoms in total. The number of nitrogens with one attached hydrogen (secondary N) is 1. The van der Waals surface area contributed by atoms with E-state index in [4.69, 9.17) is 0 Å². The molecule has 94 valence electrons. The van der Waals surface area contributed by atoms with Gasteiger partial charge >= 0.3 is 5.97 Å². The first-order valence-corrected chi connectivity index (χ1v) is 5.96. The van der Waals surface area contributed by atoms with Crippen LogP contribution in [-0.4, -0.2) is 47.7 Å². The van der Waals surface area contributed by atoms with Crippen molar-refractivity contribution in [3.05, 3.63) is 0 Å². The molecule has 0 aromatic carbocycles. The topological polar surface area (TPSA) is 52.6 Å². The molecular weight excluding hydrogens is 204 g/mol. The number of aliphatic carboxylic acids is 1. The maximum absolute atomic E-state index is 11.3. The monoisotopic (exact) mass is 228 g/mol. The zero-order valence-electron chi connectivity index (χ0n) is 10.8. The predicted octanol–water partition coefficient (Wildman–Crippen LogP) is 1.31. The van der Waals surface area contributed by atoms with Gasteiger partial charge in [-0.25, -0.2) is 0 Å². The van der Waals surface area contributed by atoms with E-state index in [0.29, 0.717) is 6.54 Å². The minimum absolute atomic E-state index is 0.0228. The van der Waals surface area contributed by atoms with E-state index in [1.165, 1.54) is 0 Å². The molecule has 0 aliphatic heterocycles. The van der Waals surface area contributed by atoms with Gasteiger partial charge in [0.15, 0.2) is 0 Å². The molecular formula is C12H24N2O2. The van der Waals surface area contributed by atoms with Crippen molar-refractivity contribution in [3.63, 3.8) is 0 Å². The molecule has 1 rings (SSSR count). The van der Waals surface area contributed by atoms with Gasteiger partial charge < -0.3 is 15.3 Å². The van der Waals surface area contributed by atoms with Gasteiger partial charge in [0, 0.05) is 12.1 Å². The Balaban J connectivity index is 2.61. The zero-order chi connectivity index (χ0) is 12.4. The van der Waals surface area contributed by atoms with Crippen molar-refractivity contribution in [3.8, 4) is 0 Å². The van der Waals surface area contributed by atoms with Crippen LogP contribution in [0.2, 0.25) is 0 Å². The number of rotatable bonds is 5. The number of carboxylic acids is 1. The summed E-state index contributed by atoms with van der Waals surface area (Å²) in [7, 11) is 4.04. The van der Waals surface area contributed by atoms with Crippen LogP contribution in [0, 0.1) is 0 Å². The van der Waals surface area contributed by atoms with Crippen LogP contribution in [0.25, 0.3) is 0 Å². The van der Waals surface area contributed by atoms with Crippen molar-refractivity contribution in [1.82, 2.24) is 10.2 Å². The number of likely N-dealkylation sites (N-methyl/N-ethyl adjacent to an activating group) is 1. The summed E-state index contributed by atoms with van der Waals surface area (Å²) in [6, 6.07) is 0. The fraction of sp³-hybridized carbons (Fsp3) is 0.917. The Morgan fingerprint density at radius 3 is 2.25 bits per heavy atom. The molecule has 0 aromatic heterocycles. The molecule has 0 radical (unpaired) electrons. The highest BCUT2D eigenvalue weighted by atomic mass is 16.4. The van der Waals surface area contributed by atoms with Crippen LogP contribution in [0.1, 0.15) is 39.5 Å². The molecule has 0 bridgehead atoms. The maximum Gasteiger partial charge on any atom is 0.323 e. The lowest BCUT2D eigenvalue weighted by Crippen LogP contribution is -2.57. The van der Waals surface area contributed by atoms with Crippen LogP contribution in [0.3, 0.4) is 0 Å². The summed E-state index contributed by atoms with van der Waals surface area (Å²) in [6.45, 7) is 4.93.